The summed E-state index contributed by atoms with van der Waals surface area (Å²) in [5, 5.41) is 3.65. The highest BCUT2D eigenvalue weighted by Gasteiger charge is 2.27. The maximum atomic E-state index is 11.5. The lowest BCUT2D eigenvalue weighted by Crippen LogP contribution is -2.50. The molecule has 1 N–H and O–H groups in total. The number of benzene rings is 1. The number of hydrogen-bond donors (Lipinski definition) is 1. The van der Waals surface area contributed by atoms with Crippen molar-refractivity contribution < 1.29 is 9.53 Å². The van der Waals surface area contributed by atoms with E-state index in [4.69, 9.17) is 4.74 Å². The minimum absolute atomic E-state index is 0.185. The quantitative estimate of drug-likeness (QED) is 0.931. The van der Waals surface area contributed by atoms with Crippen LogP contribution in [0.4, 0.5) is 0 Å². The van der Waals surface area contributed by atoms with E-state index in [9.17, 15) is 4.79 Å². The van der Waals surface area contributed by atoms with E-state index >= 15 is 0 Å². The molecule has 2 heterocycles. The van der Waals surface area contributed by atoms with Gasteiger partial charge in [0.2, 0.25) is 5.91 Å². The third-order valence-electron chi connectivity index (χ3n) is 4.63. The fourth-order valence-corrected chi connectivity index (χ4v) is 3.26. The van der Waals surface area contributed by atoms with Crippen LogP contribution in [0.5, 0.6) is 5.75 Å². The summed E-state index contributed by atoms with van der Waals surface area (Å²) in [6.07, 6.45) is 3.24. The number of ether oxygens (including phenoxy) is 1. The highest BCUT2D eigenvalue weighted by atomic mass is 16.5. The van der Waals surface area contributed by atoms with Gasteiger partial charge in [-0.3, -0.25) is 4.79 Å². The van der Waals surface area contributed by atoms with E-state index in [2.05, 4.69) is 24.4 Å². The molecule has 0 aromatic heterocycles. The Labute approximate surface area is 132 Å². The minimum atomic E-state index is 0.185. The zero-order valence-corrected chi connectivity index (χ0v) is 13.3. The molecule has 118 valence electrons. The van der Waals surface area contributed by atoms with Crippen molar-refractivity contribution in [2.24, 2.45) is 5.92 Å². The molecule has 2 aliphatic heterocycles. The predicted molar refractivity (Wildman–Crippen MR) is 87.7 cm³/mol. The van der Waals surface area contributed by atoms with Crippen molar-refractivity contribution in [3.63, 3.8) is 0 Å². The second kappa shape index (κ2) is 6.53. The number of likely N-dealkylation sites (tertiary alicyclic amines) is 1. The van der Waals surface area contributed by atoms with Crippen molar-refractivity contribution in [1.82, 2.24) is 10.2 Å². The van der Waals surface area contributed by atoms with Gasteiger partial charge in [0, 0.05) is 38.2 Å². The SMILES string of the molecule is CC(=O)N1CC[C@@H](NCC2=Cc3ccccc3OC2)[C@@H](C)C1. The van der Waals surface area contributed by atoms with Gasteiger partial charge in [-0.15, -0.1) is 0 Å². The first-order chi connectivity index (χ1) is 10.6. The summed E-state index contributed by atoms with van der Waals surface area (Å²) in [4.78, 5) is 13.4. The molecule has 1 fully saturated rings. The van der Waals surface area contributed by atoms with Gasteiger partial charge in [0.25, 0.3) is 0 Å². The molecule has 1 aromatic rings. The number of amides is 1. The summed E-state index contributed by atoms with van der Waals surface area (Å²) in [6, 6.07) is 8.60. The van der Waals surface area contributed by atoms with E-state index in [1.165, 1.54) is 5.57 Å². The lowest BCUT2D eigenvalue weighted by Gasteiger charge is -2.37. The third kappa shape index (κ3) is 3.33. The number of piperidine rings is 1. The first-order valence-electron chi connectivity index (χ1n) is 8.03. The summed E-state index contributed by atoms with van der Waals surface area (Å²) in [5.41, 5.74) is 2.44. The Morgan fingerprint density at radius 2 is 2.23 bits per heavy atom. The number of para-hydroxylation sites is 1. The van der Waals surface area contributed by atoms with Gasteiger partial charge in [0.15, 0.2) is 0 Å². The molecular weight excluding hydrogens is 276 g/mol. The molecule has 0 saturated carbocycles. The lowest BCUT2D eigenvalue weighted by atomic mass is 9.93. The van der Waals surface area contributed by atoms with Gasteiger partial charge in [-0.2, -0.15) is 0 Å². The van der Waals surface area contributed by atoms with Gasteiger partial charge >= 0.3 is 0 Å². The molecule has 22 heavy (non-hydrogen) atoms. The molecule has 2 aliphatic rings. The Balaban J connectivity index is 1.55. The number of nitrogens with one attached hydrogen (secondary N) is 1. The molecule has 4 nitrogen and oxygen atoms in total. The highest BCUT2D eigenvalue weighted by Crippen LogP contribution is 2.25. The molecule has 0 radical (unpaired) electrons. The monoisotopic (exact) mass is 300 g/mol. The fraction of sp³-hybridized carbons (Fsp3) is 0.500. The van der Waals surface area contributed by atoms with Crippen molar-refractivity contribution in [1.29, 1.82) is 0 Å². The second-order valence-corrected chi connectivity index (χ2v) is 6.35. The molecule has 0 unspecified atom stereocenters. The Hall–Kier alpha value is -1.81. The zero-order chi connectivity index (χ0) is 15.5. The molecule has 1 amide bonds. The molecule has 0 aliphatic carbocycles. The van der Waals surface area contributed by atoms with E-state index < -0.39 is 0 Å². The highest BCUT2D eigenvalue weighted by molar-refractivity contribution is 5.73. The van der Waals surface area contributed by atoms with E-state index in [-0.39, 0.29) is 5.91 Å². The van der Waals surface area contributed by atoms with Gasteiger partial charge in [0.05, 0.1) is 0 Å². The average molecular weight is 300 g/mol. The van der Waals surface area contributed by atoms with Crippen LogP contribution in [0.2, 0.25) is 0 Å². The van der Waals surface area contributed by atoms with Crippen LogP contribution in [-0.2, 0) is 4.79 Å². The maximum absolute atomic E-state index is 11.5. The van der Waals surface area contributed by atoms with Crippen molar-refractivity contribution >= 4 is 12.0 Å². The van der Waals surface area contributed by atoms with Gasteiger partial charge < -0.3 is 15.0 Å². The molecule has 0 bridgehead atoms. The first kappa shape index (κ1) is 15.1. The number of fused-ring (bicyclic) bond motifs is 1. The molecular formula is C18H24N2O2. The van der Waals surface area contributed by atoms with Gasteiger partial charge in [-0.05, 0) is 30.1 Å². The van der Waals surface area contributed by atoms with Gasteiger partial charge in [-0.25, -0.2) is 0 Å². The topological polar surface area (TPSA) is 41.6 Å². The number of hydrogen-bond acceptors (Lipinski definition) is 3. The van der Waals surface area contributed by atoms with Crippen molar-refractivity contribution in [2.75, 3.05) is 26.2 Å². The number of carbonyl (C=O) groups excluding carboxylic acids is 1. The Bertz CT molecular complexity index is 582. The summed E-state index contributed by atoms with van der Waals surface area (Å²) >= 11 is 0. The normalized spacial score (nSPS) is 24.3. The van der Waals surface area contributed by atoms with Crippen LogP contribution < -0.4 is 10.1 Å². The van der Waals surface area contributed by atoms with Crippen LogP contribution >= 0.6 is 0 Å². The molecule has 2 atom stereocenters. The van der Waals surface area contributed by atoms with Crippen LogP contribution in [-0.4, -0.2) is 43.1 Å². The first-order valence-corrected chi connectivity index (χ1v) is 8.03. The van der Waals surface area contributed by atoms with Gasteiger partial charge in [0.1, 0.15) is 12.4 Å². The third-order valence-corrected chi connectivity index (χ3v) is 4.63. The van der Waals surface area contributed by atoms with Crippen LogP contribution in [0.25, 0.3) is 6.08 Å². The van der Waals surface area contributed by atoms with Crippen molar-refractivity contribution in [2.45, 2.75) is 26.3 Å². The van der Waals surface area contributed by atoms with Crippen LogP contribution in [0.15, 0.2) is 29.8 Å². The van der Waals surface area contributed by atoms with Crippen molar-refractivity contribution in [3.05, 3.63) is 35.4 Å². The van der Waals surface area contributed by atoms with E-state index in [1.54, 1.807) is 6.92 Å². The Morgan fingerprint density at radius 3 is 3.00 bits per heavy atom. The lowest BCUT2D eigenvalue weighted by molar-refractivity contribution is -0.130. The van der Waals surface area contributed by atoms with E-state index in [1.807, 2.05) is 23.1 Å². The minimum Gasteiger partial charge on any atom is -0.489 e. The summed E-state index contributed by atoms with van der Waals surface area (Å²) in [6.45, 7) is 7.09. The summed E-state index contributed by atoms with van der Waals surface area (Å²) in [5.74, 6) is 1.63. The van der Waals surface area contributed by atoms with Crippen molar-refractivity contribution in [3.8, 4) is 5.75 Å². The predicted octanol–water partition coefficient (Wildman–Crippen LogP) is 2.31. The van der Waals surface area contributed by atoms with Crippen LogP contribution in [0.1, 0.15) is 25.8 Å². The molecule has 1 aromatic carbocycles. The molecule has 4 heteroatoms. The van der Waals surface area contributed by atoms with Gasteiger partial charge in [-0.1, -0.05) is 25.1 Å². The Kier molecular flexibility index (Phi) is 4.48. The largest absolute Gasteiger partial charge is 0.489 e. The number of rotatable bonds is 3. The molecule has 0 spiro atoms. The number of nitrogens with zero attached hydrogens (tertiary/aromatic N) is 1. The summed E-state index contributed by atoms with van der Waals surface area (Å²) < 4.78 is 5.79. The summed E-state index contributed by atoms with van der Waals surface area (Å²) in [7, 11) is 0. The fourth-order valence-electron chi connectivity index (χ4n) is 3.26. The maximum Gasteiger partial charge on any atom is 0.219 e. The molecule has 3 rings (SSSR count). The Morgan fingerprint density at radius 1 is 1.41 bits per heavy atom. The van der Waals surface area contributed by atoms with E-state index in [0.717, 1.165) is 37.4 Å². The van der Waals surface area contributed by atoms with E-state index in [0.29, 0.717) is 18.6 Å². The average Bonchev–Trinajstić information content (AvgIpc) is 2.53. The molecule has 1 saturated heterocycles. The zero-order valence-electron chi connectivity index (χ0n) is 13.3. The van der Waals surface area contributed by atoms with Crippen LogP contribution in [0, 0.1) is 5.92 Å². The van der Waals surface area contributed by atoms with Crippen LogP contribution in [0.3, 0.4) is 0 Å². The standard InChI is InChI=1S/C18H24N2O2/c1-13-11-20(14(2)21)8-7-17(13)19-10-15-9-16-5-3-4-6-18(16)22-12-15/h3-6,9,13,17,19H,7-8,10-12H2,1-2H3/t13-,17+/m0/s1. The second-order valence-electron chi connectivity index (χ2n) is 6.35. The number of carbonyl (C=O) groups is 1. The smallest absolute Gasteiger partial charge is 0.219 e.